The van der Waals surface area contributed by atoms with Crippen molar-refractivity contribution in [1.29, 1.82) is 0 Å². The second-order valence-electron chi connectivity index (χ2n) is 5.41. The van der Waals surface area contributed by atoms with Crippen molar-refractivity contribution in [2.75, 3.05) is 12.4 Å². The van der Waals surface area contributed by atoms with Crippen LogP contribution in [0.1, 0.15) is 33.1 Å². The number of anilines is 1. The van der Waals surface area contributed by atoms with E-state index in [-0.39, 0.29) is 23.2 Å². The van der Waals surface area contributed by atoms with E-state index in [2.05, 4.69) is 29.5 Å². The number of ether oxygens (including phenoxy) is 1. The van der Waals surface area contributed by atoms with Gasteiger partial charge in [0.15, 0.2) is 5.82 Å². The average Bonchev–Trinajstić information content (AvgIpc) is 2.47. The van der Waals surface area contributed by atoms with Gasteiger partial charge in [-0.25, -0.2) is 9.18 Å². The van der Waals surface area contributed by atoms with Gasteiger partial charge < -0.3 is 15.4 Å². The van der Waals surface area contributed by atoms with Crippen molar-refractivity contribution in [3.8, 4) is 0 Å². The number of hydrogen-bond acceptors (Lipinski definition) is 3. The van der Waals surface area contributed by atoms with Crippen molar-refractivity contribution >= 4 is 11.7 Å². The Kier molecular flexibility index (Phi) is 4.77. The number of amides is 2. The van der Waals surface area contributed by atoms with Crippen molar-refractivity contribution in [3.63, 3.8) is 0 Å². The minimum absolute atomic E-state index is 0.0388. The molecule has 1 aromatic heterocycles. The molecule has 2 atom stereocenters. The van der Waals surface area contributed by atoms with Crippen molar-refractivity contribution in [1.82, 2.24) is 10.3 Å². The number of halogens is 1. The van der Waals surface area contributed by atoms with E-state index in [0.717, 1.165) is 25.5 Å². The summed E-state index contributed by atoms with van der Waals surface area (Å²) in [4.78, 5) is 15.7. The molecule has 2 unspecified atom stereocenters. The van der Waals surface area contributed by atoms with Gasteiger partial charge >= 0.3 is 6.03 Å². The third-order valence-electron chi connectivity index (χ3n) is 4.71. The molecule has 0 spiro atoms. The summed E-state index contributed by atoms with van der Waals surface area (Å²) >= 11 is 0. The highest BCUT2D eigenvalue weighted by Gasteiger charge is 2.53. The summed E-state index contributed by atoms with van der Waals surface area (Å²) in [7, 11) is 1.70. The summed E-state index contributed by atoms with van der Waals surface area (Å²) < 4.78 is 19.0. The van der Waals surface area contributed by atoms with Gasteiger partial charge in [-0.05, 0) is 25.3 Å². The van der Waals surface area contributed by atoms with E-state index in [1.807, 2.05) is 0 Å². The number of methoxy groups -OCH3 is 1. The van der Waals surface area contributed by atoms with E-state index in [1.165, 1.54) is 12.3 Å². The van der Waals surface area contributed by atoms with E-state index in [4.69, 9.17) is 4.74 Å². The maximum Gasteiger partial charge on any atom is 0.319 e. The molecule has 1 aromatic rings. The van der Waals surface area contributed by atoms with Crippen LogP contribution in [0.15, 0.2) is 18.5 Å². The van der Waals surface area contributed by atoms with Gasteiger partial charge in [0.25, 0.3) is 0 Å². The lowest BCUT2D eigenvalue weighted by atomic mass is 9.58. The maximum atomic E-state index is 13.5. The normalized spacial score (nSPS) is 23.2. The van der Waals surface area contributed by atoms with Crippen LogP contribution in [0, 0.1) is 11.2 Å². The number of carbonyl (C=O) groups excluding carboxylic acids is 1. The summed E-state index contributed by atoms with van der Waals surface area (Å²) in [5.74, 6) is -0.548. The highest BCUT2D eigenvalue weighted by atomic mass is 19.1. The van der Waals surface area contributed by atoms with Gasteiger partial charge in [0.05, 0.1) is 18.0 Å². The molecule has 0 aliphatic heterocycles. The van der Waals surface area contributed by atoms with Crippen LogP contribution >= 0.6 is 0 Å². The molecular formula is C15H22FN3O2. The lowest BCUT2D eigenvalue weighted by Gasteiger charge is -2.54. The molecule has 1 fully saturated rings. The quantitative estimate of drug-likeness (QED) is 0.878. The first-order valence-corrected chi connectivity index (χ1v) is 7.27. The highest BCUT2D eigenvalue weighted by Crippen LogP contribution is 2.48. The zero-order valence-corrected chi connectivity index (χ0v) is 12.6. The van der Waals surface area contributed by atoms with Crippen LogP contribution in [-0.2, 0) is 4.74 Å². The lowest BCUT2D eigenvalue weighted by molar-refractivity contribution is -0.119. The Bertz CT molecular complexity index is 505. The number of pyridine rings is 1. The second kappa shape index (κ2) is 6.39. The fourth-order valence-corrected chi connectivity index (χ4v) is 3.27. The van der Waals surface area contributed by atoms with E-state index >= 15 is 0 Å². The molecule has 5 nitrogen and oxygen atoms in total. The third kappa shape index (κ3) is 2.85. The molecule has 21 heavy (non-hydrogen) atoms. The van der Waals surface area contributed by atoms with Crippen LogP contribution in [0.4, 0.5) is 14.9 Å². The Morgan fingerprint density at radius 3 is 2.81 bits per heavy atom. The SMILES string of the molecule is CCC1(CC)C(NC(=O)Nc2ccncc2F)CC1OC. The Hall–Kier alpha value is -1.69. The number of rotatable bonds is 5. The smallest absolute Gasteiger partial charge is 0.319 e. The minimum Gasteiger partial charge on any atom is -0.381 e. The number of nitrogens with zero attached hydrogens (tertiary/aromatic N) is 1. The van der Waals surface area contributed by atoms with Crippen LogP contribution in [0.25, 0.3) is 0 Å². The molecule has 1 aliphatic carbocycles. The molecule has 1 heterocycles. The second-order valence-corrected chi connectivity index (χ2v) is 5.41. The van der Waals surface area contributed by atoms with E-state index in [1.54, 1.807) is 7.11 Å². The van der Waals surface area contributed by atoms with Gasteiger partial charge in [0, 0.05) is 24.8 Å². The van der Waals surface area contributed by atoms with Crippen LogP contribution in [0.2, 0.25) is 0 Å². The first-order valence-electron chi connectivity index (χ1n) is 7.27. The molecule has 6 heteroatoms. The molecule has 2 N–H and O–H groups in total. The predicted octanol–water partition coefficient (Wildman–Crippen LogP) is 2.94. The largest absolute Gasteiger partial charge is 0.381 e. The first kappa shape index (κ1) is 15.7. The summed E-state index contributed by atoms with van der Waals surface area (Å²) in [6.45, 7) is 4.20. The van der Waals surface area contributed by atoms with Gasteiger partial charge in [-0.3, -0.25) is 4.98 Å². The third-order valence-corrected chi connectivity index (χ3v) is 4.71. The predicted molar refractivity (Wildman–Crippen MR) is 78.6 cm³/mol. The Morgan fingerprint density at radius 2 is 2.24 bits per heavy atom. The zero-order valence-electron chi connectivity index (χ0n) is 12.6. The molecule has 1 saturated carbocycles. The maximum absolute atomic E-state index is 13.5. The molecule has 0 radical (unpaired) electrons. The fraction of sp³-hybridized carbons (Fsp3) is 0.600. The van der Waals surface area contributed by atoms with Gasteiger partial charge in [-0.2, -0.15) is 0 Å². The van der Waals surface area contributed by atoms with Crippen LogP contribution in [0.5, 0.6) is 0 Å². The van der Waals surface area contributed by atoms with Crippen LogP contribution in [0.3, 0.4) is 0 Å². The molecule has 1 aliphatic rings. The van der Waals surface area contributed by atoms with E-state index in [9.17, 15) is 9.18 Å². The molecule has 0 aromatic carbocycles. The number of nitrogens with one attached hydrogen (secondary N) is 2. The number of carbonyl (C=O) groups is 1. The van der Waals surface area contributed by atoms with Gasteiger partial charge in [-0.15, -0.1) is 0 Å². The first-order chi connectivity index (χ1) is 10.1. The summed E-state index contributed by atoms with van der Waals surface area (Å²) in [5.41, 5.74) is 0.0896. The average molecular weight is 295 g/mol. The summed E-state index contributed by atoms with van der Waals surface area (Å²) in [6.07, 6.45) is 5.31. The van der Waals surface area contributed by atoms with Gasteiger partial charge in [0.1, 0.15) is 0 Å². The van der Waals surface area contributed by atoms with Gasteiger partial charge in [-0.1, -0.05) is 13.8 Å². The van der Waals surface area contributed by atoms with E-state index < -0.39 is 11.8 Å². The van der Waals surface area contributed by atoms with Crippen molar-refractivity contribution < 1.29 is 13.9 Å². The monoisotopic (exact) mass is 295 g/mol. The number of aromatic nitrogens is 1. The summed E-state index contributed by atoms with van der Waals surface area (Å²) in [5, 5.41) is 5.45. The minimum atomic E-state index is -0.548. The van der Waals surface area contributed by atoms with Crippen molar-refractivity contribution in [2.24, 2.45) is 5.41 Å². The summed E-state index contributed by atoms with van der Waals surface area (Å²) in [6, 6.07) is 1.08. The molecule has 0 saturated heterocycles. The molecule has 116 valence electrons. The van der Waals surface area contributed by atoms with E-state index in [0.29, 0.717) is 0 Å². The van der Waals surface area contributed by atoms with Crippen LogP contribution < -0.4 is 10.6 Å². The fourth-order valence-electron chi connectivity index (χ4n) is 3.27. The lowest BCUT2D eigenvalue weighted by Crippen LogP contribution is -2.64. The Labute approximate surface area is 124 Å². The standard InChI is InChI=1S/C15H22FN3O2/c1-4-15(5-2)12(8-13(15)21-3)19-14(20)18-11-6-7-17-9-10(11)16/h6-7,9,12-13H,4-5,8H2,1-3H3,(H2,17,18,19,20). The number of hydrogen-bond donors (Lipinski definition) is 2. The van der Waals surface area contributed by atoms with Gasteiger partial charge in [0.2, 0.25) is 0 Å². The van der Waals surface area contributed by atoms with Crippen molar-refractivity contribution in [2.45, 2.75) is 45.3 Å². The number of urea groups is 1. The van der Waals surface area contributed by atoms with Crippen molar-refractivity contribution in [3.05, 3.63) is 24.3 Å². The molecule has 2 amide bonds. The highest BCUT2D eigenvalue weighted by molar-refractivity contribution is 5.89. The zero-order chi connectivity index (χ0) is 15.5. The Morgan fingerprint density at radius 1 is 1.52 bits per heavy atom. The molecular weight excluding hydrogens is 273 g/mol. The molecule has 2 rings (SSSR count). The molecule has 0 bridgehead atoms. The topological polar surface area (TPSA) is 63.2 Å². The Balaban J connectivity index is 1.99. The van der Waals surface area contributed by atoms with Crippen LogP contribution in [-0.4, -0.2) is 30.3 Å².